The van der Waals surface area contributed by atoms with Crippen LogP contribution in [-0.2, 0) is 6.54 Å². The number of aromatic nitrogens is 4. The van der Waals surface area contributed by atoms with E-state index in [0.717, 1.165) is 22.6 Å². The van der Waals surface area contributed by atoms with E-state index in [0.29, 0.717) is 18.0 Å². The van der Waals surface area contributed by atoms with Gasteiger partial charge in [-0.25, -0.2) is 0 Å². The first-order chi connectivity index (χ1) is 11.2. The van der Waals surface area contributed by atoms with Crippen LogP contribution in [0.3, 0.4) is 0 Å². The number of nitro groups is 1. The van der Waals surface area contributed by atoms with Crippen LogP contribution in [0, 0.1) is 10.1 Å². The van der Waals surface area contributed by atoms with Crippen molar-refractivity contribution >= 4 is 22.0 Å². The van der Waals surface area contributed by atoms with Crippen molar-refractivity contribution in [3.63, 3.8) is 0 Å². The molecule has 118 valence electrons. The van der Waals surface area contributed by atoms with Gasteiger partial charge >= 0.3 is 5.00 Å². The Hall–Kier alpha value is -3.01. The first-order valence-electron chi connectivity index (χ1n) is 6.54. The maximum atomic E-state index is 10.7. The van der Waals surface area contributed by atoms with E-state index in [4.69, 9.17) is 4.74 Å². The molecule has 0 aliphatic rings. The van der Waals surface area contributed by atoms with Gasteiger partial charge in [0, 0.05) is 23.7 Å². The molecule has 9 nitrogen and oxygen atoms in total. The second kappa shape index (κ2) is 6.40. The van der Waals surface area contributed by atoms with Crippen LogP contribution in [0.5, 0.6) is 5.75 Å². The van der Waals surface area contributed by atoms with Crippen LogP contribution in [0.25, 0.3) is 5.69 Å². The summed E-state index contributed by atoms with van der Waals surface area (Å²) in [6, 6.07) is 7.06. The monoisotopic (exact) mass is 332 g/mol. The standard InChI is InChI=1S/C13H12N6O3S/c1-22-12-3-2-10(5-11(12)18-8-15-16-17-18)14-6-9-4-13(19(20)21)23-7-9/h2-5,7-8,14H,6H2,1H3. The van der Waals surface area contributed by atoms with Crippen molar-refractivity contribution in [2.75, 3.05) is 12.4 Å². The zero-order valence-corrected chi connectivity index (χ0v) is 12.9. The van der Waals surface area contributed by atoms with E-state index < -0.39 is 4.92 Å². The van der Waals surface area contributed by atoms with Crippen molar-refractivity contribution < 1.29 is 9.66 Å². The molecule has 3 rings (SSSR count). The lowest BCUT2D eigenvalue weighted by atomic mass is 10.2. The molecule has 3 aromatic rings. The number of ether oxygens (including phenoxy) is 1. The number of hydrogen-bond acceptors (Lipinski definition) is 8. The Morgan fingerprint density at radius 3 is 2.96 bits per heavy atom. The van der Waals surface area contributed by atoms with Gasteiger partial charge in [0.15, 0.2) is 0 Å². The lowest BCUT2D eigenvalue weighted by Gasteiger charge is -2.11. The topological polar surface area (TPSA) is 108 Å². The first kappa shape index (κ1) is 14.9. The number of methoxy groups -OCH3 is 1. The minimum Gasteiger partial charge on any atom is -0.494 e. The maximum Gasteiger partial charge on any atom is 0.324 e. The summed E-state index contributed by atoms with van der Waals surface area (Å²) in [6.07, 6.45) is 1.48. The Labute approximate surface area is 134 Å². The van der Waals surface area contributed by atoms with Gasteiger partial charge in [-0.15, -0.1) is 5.10 Å². The van der Waals surface area contributed by atoms with Crippen LogP contribution < -0.4 is 10.1 Å². The second-order valence-corrected chi connectivity index (χ2v) is 5.43. The molecule has 0 aliphatic carbocycles. The van der Waals surface area contributed by atoms with Crippen molar-refractivity contribution in [2.24, 2.45) is 0 Å². The predicted molar refractivity (Wildman–Crippen MR) is 84.0 cm³/mol. The summed E-state index contributed by atoms with van der Waals surface area (Å²) in [5.74, 6) is 0.633. The van der Waals surface area contributed by atoms with E-state index in [9.17, 15) is 10.1 Å². The zero-order chi connectivity index (χ0) is 16.2. The molecule has 0 fully saturated rings. The normalized spacial score (nSPS) is 10.5. The maximum absolute atomic E-state index is 10.7. The third-order valence-electron chi connectivity index (χ3n) is 3.09. The molecule has 2 heterocycles. The van der Waals surface area contributed by atoms with Crippen LogP contribution in [0.15, 0.2) is 36.0 Å². The number of hydrogen-bond donors (Lipinski definition) is 1. The highest BCUT2D eigenvalue weighted by molar-refractivity contribution is 7.13. The quantitative estimate of drug-likeness (QED) is 0.545. The number of tetrazole rings is 1. The molecular formula is C13H12N6O3S. The van der Waals surface area contributed by atoms with E-state index in [1.165, 1.54) is 11.0 Å². The summed E-state index contributed by atoms with van der Waals surface area (Å²) in [6.45, 7) is 0.478. The van der Waals surface area contributed by atoms with E-state index in [-0.39, 0.29) is 5.00 Å². The number of benzene rings is 1. The summed E-state index contributed by atoms with van der Waals surface area (Å²) in [7, 11) is 1.57. The van der Waals surface area contributed by atoms with Crippen molar-refractivity contribution in [3.05, 3.63) is 51.7 Å². The van der Waals surface area contributed by atoms with Gasteiger partial charge in [-0.3, -0.25) is 10.1 Å². The van der Waals surface area contributed by atoms with Gasteiger partial charge in [0.1, 0.15) is 17.8 Å². The molecule has 0 saturated heterocycles. The average Bonchev–Trinajstić information content (AvgIpc) is 3.24. The van der Waals surface area contributed by atoms with Crippen molar-refractivity contribution in [2.45, 2.75) is 6.54 Å². The molecule has 0 radical (unpaired) electrons. The Morgan fingerprint density at radius 2 is 2.30 bits per heavy atom. The number of nitrogens with zero attached hydrogens (tertiary/aromatic N) is 5. The predicted octanol–water partition coefficient (Wildman–Crippen LogP) is 2.25. The Morgan fingerprint density at radius 1 is 1.43 bits per heavy atom. The van der Waals surface area contributed by atoms with Gasteiger partial charge in [0.05, 0.1) is 12.0 Å². The Kier molecular flexibility index (Phi) is 4.15. The average molecular weight is 332 g/mol. The van der Waals surface area contributed by atoms with Crippen LogP contribution in [0.2, 0.25) is 0 Å². The van der Waals surface area contributed by atoms with Gasteiger partial charge in [-0.1, -0.05) is 11.3 Å². The summed E-state index contributed by atoms with van der Waals surface area (Å²) in [4.78, 5) is 10.3. The van der Waals surface area contributed by atoms with Gasteiger partial charge in [0.2, 0.25) is 0 Å². The van der Waals surface area contributed by atoms with Crippen LogP contribution in [0.1, 0.15) is 5.56 Å². The molecule has 0 unspecified atom stereocenters. The second-order valence-electron chi connectivity index (χ2n) is 4.54. The molecule has 0 saturated carbocycles. The van der Waals surface area contributed by atoms with E-state index in [2.05, 4.69) is 20.8 Å². The van der Waals surface area contributed by atoms with Crippen molar-refractivity contribution in [3.8, 4) is 11.4 Å². The highest BCUT2D eigenvalue weighted by Crippen LogP contribution is 2.27. The molecule has 0 atom stereocenters. The van der Waals surface area contributed by atoms with E-state index in [1.54, 1.807) is 24.6 Å². The number of thiophene rings is 1. The van der Waals surface area contributed by atoms with Crippen LogP contribution >= 0.6 is 11.3 Å². The molecule has 23 heavy (non-hydrogen) atoms. The van der Waals surface area contributed by atoms with Crippen LogP contribution in [-0.4, -0.2) is 32.2 Å². The molecule has 0 aliphatic heterocycles. The minimum absolute atomic E-state index is 0.130. The Balaban J connectivity index is 1.77. The van der Waals surface area contributed by atoms with Gasteiger partial charge < -0.3 is 10.1 Å². The summed E-state index contributed by atoms with van der Waals surface area (Å²) < 4.78 is 6.80. The highest BCUT2D eigenvalue weighted by Gasteiger charge is 2.11. The number of rotatable bonds is 6. The fraction of sp³-hybridized carbons (Fsp3) is 0.154. The smallest absolute Gasteiger partial charge is 0.324 e. The Bertz CT molecular complexity index is 817. The molecule has 0 bridgehead atoms. The number of nitrogens with one attached hydrogen (secondary N) is 1. The SMILES string of the molecule is COc1ccc(NCc2csc([N+](=O)[O-])c2)cc1-n1cnnn1. The van der Waals surface area contributed by atoms with Crippen molar-refractivity contribution in [1.82, 2.24) is 20.2 Å². The lowest BCUT2D eigenvalue weighted by Crippen LogP contribution is -2.03. The van der Waals surface area contributed by atoms with Crippen LogP contribution in [0.4, 0.5) is 10.7 Å². The summed E-state index contributed by atoms with van der Waals surface area (Å²) in [5, 5.41) is 26.9. The molecule has 1 aromatic carbocycles. The first-order valence-corrected chi connectivity index (χ1v) is 7.42. The minimum atomic E-state index is -0.392. The van der Waals surface area contributed by atoms with Gasteiger partial charge in [0.25, 0.3) is 0 Å². The third-order valence-corrected chi connectivity index (χ3v) is 4.02. The summed E-state index contributed by atoms with van der Waals surface area (Å²) >= 11 is 1.11. The van der Waals surface area contributed by atoms with E-state index in [1.807, 2.05) is 12.1 Å². The molecule has 0 spiro atoms. The number of anilines is 1. The van der Waals surface area contributed by atoms with Gasteiger partial charge in [-0.05, 0) is 34.2 Å². The largest absolute Gasteiger partial charge is 0.494 e. The summed E-state index contributed by atoms with van der Waals surface area (Å²) in [5.41, 5.74) is 2.37. The molecule has 10 heteroatoms. The molecular weight excluding hydrogens is 320 g/mol. The van der Waals surface area contributed by atoms with Gasteiger partial charge in [-0.2, -0.15) is 4.68 Å². The molecule has 0 amide bonds. The highest BCUT2D eigenvalue weighted by atomic mass is 32.1. The zero-order valence-electron chi connectivity index (χ0n) is 12.0. The van der Waals surface area contributed by atoms with E-state index >= 15 is 0 Å². The fourth-order valence-electron chi connectivity index (χ4n) is 2.01. The molecule has 1 N–H and O–H groups in total. The fourth-order valence-corrected chi connectivity index (χ4v) is 2.73. The lowest BCUT2D eigenvalue weighted by molar-refractivity contribution is -0.380. The van der Waals surface area contributed by atoms with Crippen molar-refractivity contribution in [1.29, 1.82) is 0 Å². The third kappa shape index (κ3) is 3.26. The molecule has 2 aromatic heterocycles.